The Labute approximate surface area is 116 Å². The Morgan fingerprint density at radius 2 is 2.25 bits per heavy atom. The molecule has 7 heteroatoms. The Morgan fingerprint density at radius 1 is 1.45 bits per heavy atom. The van der Waals surface area contributed by atoms with E-state index in [1.807, 2.05) is 20.2 Å². The van der Waals surface area contributed by atoms with Crippen LogP contribution in [0.25, 0.3) is 0 Å². The van der Waals surface area contributed by atoms with Crippen molar-refractivity contribution in [3.8, 4) is 5.75 Å². The summed E-state index contributed by atoms with van der Waals surface area (Å²) in [5.74, 6) is 0.269. The van der Waals surface area contributed by atoms with E-state index < -0.39 is 4.92 Å². The number of anilines is 2. The number of benzene rings is 1. The molecule has 0 saturated carbocycles. The van der Waals surface area contributed by atoms with Gasteiger partial charge in [-0.1, -0.05) is 6.92 Å². The van der Waals surface area contributed by atoms with Gasteiger partial charge >= 0.3 is 5.69 Å². The van der Waals surface area contributed by atoms with Crippen molar-refractivity contribution in [2.75, 3.05) is 11.9 Å². The van der Waals surface area contributed by atoms with E-state index >= 15 is 0 Å². The van der Waals surface area contributed by atoms with Crippen LogP contribution in [0.2, 0.25) is 0 Å². The van der Waals surface area contributed by atoms with Crippen molar-refractivity contribution in [2.45, 2.75) is 13.3 Å². The highest BCUT2D eigenvalue weighted by Crippen LogP contribution is 2.31. The van der Waals surface area contributed by atoms with Gasteiger partial charge in [-0.3, -0.25) is 14.8 Å². The van der Waals surface area contributed by atoms with Crippen molar-refractivity contribution in [3.05, 3.63) is 40.7 Å². The molecule has 106 valence electrons. The maximum Gasteiger partial charge on any atom is 0.311 e. The highest BCUT2D eigenvalue weighted by atomic mass is 16.6. The summed E-state index contributed by atoms with van der Waals surface area (Å²) in [6.45, 7) is 2.39. The number of aromatic nitrogens is 2. The fourth-order valence-electron chi connectivity index (χ4n) is 1.72. The molecule has 20 heavy (non-hydrogen) atoms. The Balaban J connectivity index is 2.24. The minimum Gasteiger partial charge on any atom is -0.487 e. The lowest BCUT2D eigenvalue weighted by atomic mass is 10.2. The normalized spacial score (nSPS) is 10.3. The lowest BCUT2D eigenvalue weighted by Gasteiger charge is -2.08. The van der Waals surface area contributed by atoms with Crippen molar-refractivity contribution in [1.29, 1.82) is 0 Å². The minimum atomic E-state index is -0.446. The number of nitrogens with zero attached hydrogens (tertiary/aromatic N) is 3. The number of ether oxygens (including phenoxy) is 1. The van der Waals surface area contributed by atoms with Gasteiger partial charge < -0.3 is 10.1 Å². The molecule has 1 N–H and O–H groups in total. The topological polar surface area (TPSA) is 82.2 Å². The van der Waals surface area contributed by atoms with E-state index in [0.717, 1.165) is 17.8 Å². The molecule has 7 nitrogen and oxygen atoms in total. The van der Waals surface area contributed by atoms with Crippen molar-refractivity contribution in [3.63, 3.8) is 0 Å². The first-order chi connectivity index (χ1) is 9.60. The summed E-state index contributed by atoms with van der Waals surface area (Å²) in [6, 6.07) is 4.70. The van der Waals surface area contributed by atoms with E-state index in [2.05, 4.69) is 10.4 Å². The van der Waals surface area contributed by atoms with Crippen LogP contribution in [0.1, 0.15) is 13.3 Å². The SMILES string of the molecule is CCCOc1cc(Nc2cnn(C)c2)ccc1[N+](=O)[O-]. The predicted molar refractivity (Wildman–Crippen MR) is 75.4 cm³/mol. The summed E-state index contributed by atoms with van der Waals surface area (Å²) >= 11 is 0. The molecule has 0 saturated heterocycles. The molecule has 2 aromatic rings. The Hall–Kier alpha value is -2.57. The van der Waals surface area contributed by atoms with Crippen molar-refractivity contribution in [2.24, 2.45) is 7.05 Å². The summed E-state index contributed by atoms with van der Waals surface area (Å²) in [7, 11) is 1.82. The molecule has 0 aliphatic heterocycles. The van der Waals surface area contributed by atoms with E-state index in [4.69, 9.17) is 4.74 Å². The van der Waals surface area contributed by atoms with Gasteiger partial charge in [-0.05, 0) is 12.5 Å². The van der Waals surface area contributed by atoms with Crippen LogP contribution in [0.15, 0.2) is 30.6 Å². The molecule has 0 amide bonds. The Kier molecular flexibility index (Phi) is 4.19. The third-order valence-electron chi connectivity index (χ3n) is 2.61. The van der Waals surface area contributed by atoms with Gasteiger partial charge in [-0.15, -0.1) is 0 Å². The second kappa shape index (κ2) is 6.05. The van der Waals surface area contributed by atoms with E-state index in [9.17, 15) is 10.1 Å². The van der Waals surface area contributed by atoms with Crippen molar-refractivity contribution < 1.29 is 9.66 Å². The van der Waals surface area contributed by atoms with Crippen LogP contribution in [0.3, 0.4) is 0 Å². The second-order valence-electron chi connectivity index (χ2n) is 4.32. The fourth-order valence-corrected chi connectivity index (χ4v) is 1.72. The van der Waals surface area contributed by atoms with Crippen LogP contribution in [-0.4, -0.2) is 21.3 Å². The summed E-state index contributed by atoms with van der Waals surface area (Å²) < 4.78 is 7.10. The zero-order chi connectivity index (χ0) is 14.5. The van der Waals surface area contributed by atoms with Crippen LogP contribution in [0.4, 0.5) is 17.1 Å². The van der Waals surface area contributed by atoms with Gasteiger partial charge in [-0.2, -0.15) is 5.10 Å². The average Bonchev–Trinajstić information content (AvgIpc) is 2.81. The van der Waals surface area contributed by atoms with Gasteiger partial charge in [0.1, 0.15) is 0 Å². The summed E-state index contributed by atoms with van der Waals surface area (Å²) in [5, 5.41) is 18.1. The fraction of sp³-hybridized carbons (Fsp3) is 0.308. The van der Waals surface area contributed by atoms with Crippen LogP contribution in [0, 0.1) is 10.1 Å². The monoisotopic (exact) mass is 276 g/mol. The summed E-state index contributed by atoms with van der Waals surface area (Å²) in [5.41, 5.74) is 1.49. The van der Waals surface area contributed by atoms with Crippen LogP contribution >= 0.6 is 0 Å². The summed E-state index contributed by atoms with van der Waals surface area (Å²) in [4.78, 5) is 10.5. The standard InChI is InChI=1S/C13H16N4O3/c1-3-6-20-13-7-10(4-5-12(13)17(18)19)15-11-8-14-16(2)9-11/h4-5,7-9,15H,3,6H2,1-2H3. The molecule has 0 spiro atoms. The van der Waals surface area contributed by atoms with Crippen molar-refractivity contribution >= 4 is 17.1 Å². The first kappa shape index (κ1) is 13.9. The molecular formula is C13H16N4O3. The van der Waals surface area contributed by atoms with Gasteiger partial charge in [0.2, 0.25) is 0 Å². The molecule has 0 unspecified atom stereocenters. The highest BCUT2D eigenvalue weighted by Gasteiger charge is 2.15. The number of nitrogens with one attached hydrogen (secondary N) is 1. The molecule has 1 aromatic carbocycles. The molecule has 1 aromatic heterocycles. The van der Waals surface area contributed by atoms with Gasteiger partial charge in [0.05, 0.1) is 23.4 Å². The average molecular weight is 276 g/mol. The molecule has 0 bridgehead atoms. The maximum atomic E-state index is 10.9. The molecule has 0 fully saturated rings. The Bertz CT molecular complexity index is 609. The zero-order valence-corrected chi connectivity index (χ0v) is 11.4. The van der Waals surface area contributed by atoms with Gasteiger partial charge in [0, 0.05) is 31.1 Å². The predicted octanol–water partition coefficient (Wildman–Crippen LogP) is 2.86. The molecule has 1 heterocycles. The smallest absolute Gasteiger partial charge is 0.311 e. The summed E-state index contributed by atoms with van der Waals surface area (Å²) in [6.07, 6.45) is 4.28. The number of hydrogen-bond donors (Lipinski definition) is 1. The highest BCUT2D eigenvalue weighted by molar-refractivity contribution is 5.64. The van der Waals surface area contributed by atoms with Crippen LogP contribution < -0.4 is 10.1 Å². The number of nitro benzene ring substituents is 1. The van der Waals surface area contributed by atoms with E-state index in [0.29, 0.717) is 6.61 Å². The number of aryl methyl sites for hydroxylation is 1. The third kappa shape index (κ3) is 3.25. The lowest BCUT2D eigenvalue weighted by molar-refractivity contribution is -0.385. The van der Waals surface area contributed by atoms with E-state index in [1.165, 1.54) is 6.07 Å². The van der Waals surface area contributed by atoms with Gasteiger partial charge in [-0.25, -0.2) is 0 Å². The van der Waals surface area contributed by atoms with E-state index in [1.54, 1.807) is 23.0 Å². The first-order valence-electron chi connectivity index (χ1n) is 6.27. The maximum absolute atomic E-state index is 10.9. The minimum absolute atomic E-state index is 0.0322. The second-order valence-corrected chi connectivity index (χ2v) is 4.32. The molecule has 2 rings (SSSR count). The molecule has 0 aliphatic carbocycles. The third-order valence-corrected chi connectivity index (χ3v) is 2.61. The number of rotatable bonds is 6. The molecule has 0 aliphatic rings. The number of nitro groups is 1. The Morgan fingerprint density at radius 3 is 2.85 bits per heavy atom. The van der Waals surface area contributed by atoms with Crippen LogP contribution in [-0.2, 0) is 7.05 Å². The quantitative estimate of drug-likeness (QED) is 0.648. The van der Waals surface area contributed by atoms with Gasteiger partial charge in [0.25, 0.3) is 0 Å². The van der Waals surface area contributed by atoms with Crippen molar-refractivity contribution in [1.82, 2.24) is 9.78 Å². The molecular weight excluding hydrogens is 260 g/mol. The first-order valence-corrected chi connectivity index (χ1v) is 6.27. The van der Waals surface area contributed by atoms with Crippen LogP contribution in [0.5, 0.6) is 5.75 Å². The largest absolute Gasteiger partial charge is 0.487 e. The zero-order valence-electron chi connectivity index (χ0n) is 11.4. The number of hydrogen-bond acceptors (Lipinski definition) is 5. The molecule has 0 radical (unpaired) electrons. The molecule has 0 atom stereocenters. The van der Waals surface area contributed by atoms with E-state index in [-0.39, 0.29) is 11.4 Å². The lowest BCUT2D eigenvalue weighted by Crippen LogP contribution is -2.00. The van der Waals surface area contributed by atoms with Gasteiger partial charge in [0.15, 0.2) is 5.75 Å².